The number of aromatic nitrogens is 3. The summed E-state index contributed by atoms with van der Waals surface area (Å²) in [5.41, 5.74) is 2.85. The van der Waals surface area contributed by atoms with Gasteiger partial charge in [0.05, 0.1) is 35.1 Å². The molecule has 0 saturated carbocycles. The summed E-state index contributed by atoms with van der Waals surface area (Å²) in [6.45, 7) is 7.47. The number of nitrogens with zero attached hydrogens (tertiary/aromatic N) is 3. The summed E-state index contributed by atoms with van der Waals surface area (Å²) in [7, 11) is -2.48. The molecular formula is C25H27N5O4S. The van der Waals surface area contributed by atoms with Crippen molar-refractivity contribution in [1.29, 1.82) is 0 Å². The van der Waals surface area contributed by atoms with Crippen LogP contribution in [0.3, 0.4) is 0 Å². The molecule has 9 nitrogen and oxygen atoms in total. The van der Waals surface area contributed by atoms with Crippen molar-refractivity contribution in [1.82, 2.24) is 14.8 Å². The van der Waals surface area contributed by atoms with E-state index in [1.165, 1.54) is 13.2 Å². The minimum Gasteiger partial charge on any atom is -0.495 e. The van der Waals surface area contributed by atoms with E-state index in [1.54, 1.807) is 67.2 Å². The van der Waals surface area contributed by atoms with Crippen molar-refractivity contribution >= 4 is 38.3 Å². The maximum atomic E-state index is 13.2. The van der Waals surface area contributed by atoms with E-state index in [0.717, 1.165) is 5.39 Å². The third-order valence-corrected chi connectivity index (χ3v) is 7.09. The van der Waals surface area contributed by atoms with Gasteiger partial charge in [0.1, 0.15) is 5.75 Å². The Morgan fingerprint density at radius 1 is 1.09 bits per heavy atom. The number of carbonyl (C=O) groups excluding carboxylic acids is 1. The molecule has 0 aliphatic rings. The number of amides is 1. The minimum absolute atomic E-state index is 0.0460. The lowest BCUT2D eigenvalue weighted by Gasteiger charge is -2.15. The molecule has 0 spiro atoms. The van der Waals surface area contributed by atoms with Crippen LogP contribution in [-0.2, 0) is 10.0 Å². The zero-order valence-corrected chi connectivity index (χ0v) is 21.0. The molecule has 0 atom stereocenters. The zero-order chi connectivity index (χ0) is 25.3. The number of aryl methyl sites for hydroxylation is 2. The van der Waals surface area contributed by atoms with Crippen molar-refractivity contribution in [2.45, 2.75) is 38.6 Å². The molecule has 4 aromatic rings. The third-order valence-electron chi connectivity index (χ3n) is 5.58. The zero-order valence-electron chi connectivity index (χ0n) is 20.2. The lowest BCUT2D eigenvalue weighted by molar-refractivity contribution is 0.102. The molecule has 2 heterocycles. The average Bonchev–Trinajstić information content (AvgIpc) is 3.22. The maximum Gasteiger partial charge on any atom is 0.262 e. The second-order valence-electron chi connectivity index (χ2n) is 8.46. The summed E-state index contributed by atoms with van der Waals surface area (Å²) >= 11 is 0. The van der Waals surface area contributed by atoms with Gasteiger partial charge in [0.15, 0.2) is 5.65 Å². The molecule has 10 heteroatoms. The number of benzene rings is 2. The van der Waals surface area contributed by atoms with Gasteiger partial charge in [0, 0.05) is 17.1 Å². The Hall–Kier alpha value is -3.92. The molecule has 0 fully saturated rings. The number of ether oxygens (including phenoxy) is 1. The highest BCUT2D eigenvalue weighted by atomic mass is 32.2. The van der Waals surface area contributed by atoms with Crippen molar-refractivity contribution in [3.8, 4) is 5.75 Å². The van der Waals surface area contributed by atoms with Gasteiger partial charge in [0.25, 0.3) is 15.9 Å². The van der Waals surface area contributed by atoms with Gasteiger partial charge in [-0.3, -0.25) is 9.52 Å². The van der Waals surface area contributed by atoms with Gasteiger partial charge in [-0.05, 0) is 63.6 Å². The number of methoxy groups -OCH3 is 1. The summed E-state index contributed by atoms with van der Waals surface area (Å²) in [5.74, 6) is 0.0106. The van der Waals surface area contributed by atoms with Crippen LogP contribution in [0.4, 0.5) is 11.4 Å². The lowest BCUT2D eigenvalue weighted by Crippen LogP contribution is -2.17. The number of sulfonamides is 1. The third kappa shape index (κ3) is 4.83. The van der Waals surface area contributed by atoms with Gasteiger partial charge in [-0.25, -0.2) is 18.1 Å². The van der Waals surface area contributed by atoms with Crippen molar-refractivity contribution in [2.24, 2.45) is 0 Å². The number of anilines is 2. The molecule has 0 radical (unpaired) electrons. The van der Waals surface area contributed by atoms with Crippen LogP contribution in [0.15, 0.2) is 59.6 Å². The molecule has 1 amide bonds. The monoisotopic (exact) mass is 493 g/mol. The predicted octanol–water partition coefficient (Wildman–Crippen LogP) is 4.69. The fourth-order valence-corrected chi connectivity index (χ4v) is 5.11. The van der Waals surface area contributed by atoms with E-state index >= 15 is 0 Å². The number of nitrogens with one attached hydrogen (secondary N) is 2. The number of carbonyl (C=O) groups is 1. The molecule has 2 N–H and O–H groups in total. The van der Waals surface area contributed by atoms with Crippen LogP contribution in [0, 0.1) is 13.8 Å². The molecule has 0 aliphatic heterocycles. The van der Waals surface area contributed by atoms with E-state index in [0.29, 0.717) is 39.6 Å². The van der Waals surface area contributed by atoms with Crippen LogP contribution >= 0.6 is 0 Å². The summed E-state index contributed by atoms with van der Waals surface area (Å²) in [4.78, 5) is 17.7. The minimum atomic E-state index is -3.95. The van der Waals surface area contributed by atoms with E-state index in [4.69, 9.17) is 4.74 Å². The van der Waals surface area contributed by atoms with Gasteiger partial charge in [-0.1, -0.05) is 18.2 Å². The molecule has 0 unspecified atom stereocenters. The van der Waals surface area contributed by atoms with E-state index in [1.807, 2.05) is 13.8 Å². The van der Waals surface area contributed by atoms with Crippen LogP contribution in [0.2, 0.25) is 0 Å². The molecule has 2 aromatic carbocycles. The number of hydrogen-bond acceptors (Lipinski definition) is 6. The summed E-state index contributed by atoms with van der Waals surface area (Å²) < 4.78 is 35.9. The van der Waals surface area contributed by atoms with Crippen molar-refractivity contribution in [3.63, 3.8) is 0 Å². The Morgan fingerprint density at radius 3 is 2.54 bits per heavy atom. The van der Waals surface area contributed by atoms with Crippen molar-refractivity contribution in [2.75, 3.05) is 17.1 Å². The number of pyridine rings is 1. The fraction of sp³-hybridized carbons (Fsp3) is 0.240. The van der Waals surface area contributed by atoms with Gasteiger partial charge in [-0.15, -0.1) is 0 Å². The van der Waals surface area contributed by atoms with Crippen LogP contribution in [0.5, 0.6) is 5.75 Å². The summed E-state index contributed by atoms with van der Waals surface area (Å²) in [6.07, 6.45) is 1.68. The van der Waals surface area contributed by atoms with E-state index in [2.05, 4.69) is 20.1 Å². The second-order valence-corrected chi connectivity index (χ2v) is 10.1. The van der Waals surface area contributed by atoms with Gasteiger partial charge in [0.2, 0.25) is 0 Å². The second kappa shape index (κ2) is 9.38. The molecule has 2 aromatic heterocycles. The largest absolute Gasteiger partial charge is 0.495 e. The molecule has 0 aliphatic carbocycles. The molecule has 182 valence electrons. The Morgan fingerprint density at radius 2 is 1.83 bits per heavy atom. The number of para-hydroxylation sites is 2. The van der Waals surface area contributed by atoms with Crippen LogP contribution < -0.4 is 14.8 Å². The average molecular weight is 494 g/mol. The Balaban J connectivity index is 1.63. The Bertz CT molecular complexity index is 1530. The highest BCUT2D eigenvalue weighted by Gasteiger charge is 2.21. The summed E-state index contributed by atoms with van der Waals surface area (Å²) in [6, 6.07) is 13.4. The number of rotatable bonds is 7. The van der Waals surface area contributed by atoms with Gasteiger partial charge < -0.3 is 10.1 Å². The van der Waals surface area contributed by atoms with E-state index in [-0.39, 0.29) is 16.8 Å². The molecule has 35 heavy (non-hydrogen) atoms. The quantitative estimate of drug-likeness (QED) is 0.386. The van der Waals surface area contributed by atoms with Gasteiger partial charge >= 0.3 is 0 Å². The van der Waals surface area contributed by atoms with Crippen molar-refractivity contribution < 1.29 is 17.9 Å². The summed E-state index contributed by atoms with van der Waals surface area (Å²) in [5, 5.41) is 7.90. The first-order chi connectivity index (χ1) is 16.6. The predicted molar refractivity (Wildman–Crippen MR) is 136 cm³/mol. The van der Waals surface area contributed by atoms with E-state index < -0.39 is 10.0 Å². The molecular weight excluding hydrogens is 466 g/mol. The first-order valence-corrected chi connectivity index (χ1v) is 12.5. The first-order valence-electron chi connectivity index (χ1n) is 11.0. The first kappa shape index (κ1) is 24.2. The van der Waals surface area contributed by atoms with Crippen LogP contribution in [0.25, 0.3) is 11.0 Å². The van der Waals surface area contributed by atoms with Crippen molar-refractivity contribution in [3.05, 3.63) is 71.5 Å². The SMILES string of the molecule is COc1ccccc1NS(=O)(=O)c1cc(NC(=O)c2cc3cnn(C(C)C)c3nc2C)ccc1C. The highest BCUT2D eigenvalue weighted by Crippen LogP contribution is 2.28. The maximum absolute atomic E-state index is 13.2. The van der Waals surface area contributed by atoms with Gasteiger partial charge in [-0.2, -0.15) is 5.10 Å². The topological polar surface area (TPSA) is 115 Å². The highest BCUT2D eigenvalue weighted by molar-refractivity contribution is 7.92. The molecule has 0 bridgehead atoms. The number of hydrogen-bond donors (Lipinski definition) is 2. The standard InChI is InChI=1S/C25H27N5O4S/c1-15(2)30-24-18(14-26-30)12-20(17(4)27-24)25(31)28-19-11-10-16(3)23(13-19)35(32,33)29-21-8-6-7-9-22(21)34-5/h6-15,29H,1-5H3,(H,28,31). The molecule has 4 rings (SSSR count). The van der Waals surface area contributed by atoms with Crippen LogP contribution in [0.1, 0.15) is 41.5 Å². The van der Waals surface area contributed by atoms with Crippen LogP contribution in [-0.4, -0.2) is 36.2 Å². The fourth-order valence-electron chi connectivity index (χ4n) is 3.77. The smallest absolute Gasteiger partial charge is 0.262 e. The Kier molecular flexibility index (Phi) is 6.49. The number of fused-ring (bicyclic) bond motifs is 1. The lowest BCUT2D eigenvalue weighted by atomic mass is 10.1. The normalized spacial score (nSPS) is 11.6. The Labute approximate surface area is 204 Å². The van der Waals surface area contributed by atoms with E-state index in [9.17, 15) is 13.2 Å². The molecule has 0 saturated heterocycles.